The minimum Gasteiger partial charge on any atom is -0.336 e. The van der Waals surface area contributed by atoms with Gasteiger partial charge in [0.2, 0.25) is 5.91 Å². The number of carbonyl (C=O) groups is 2. The molecule has 0 saturated heterocycles. The lowest BCUT2D eigenvalue weighted by Crippen LogP contribution is -2.08. The van der Waals surface area contributed by atoms with Crippen LogP contribution in [0.3, 0.4) is 0 Å². The highest BCUT2D eigenvalue weighted by atomic mass is 35.5. The van der Waals surface area contributed by atoms with Crippen LogP contribution in [0.15, 0.2) is 52.3 Å². The fourth-order valence-corrected chi connectivity index (χ4v) is 4.16. The third-order valence-corrected chi connectivity index (χ3v) is 5.48. The summed E-state index contributed by atoms with van der Waals surface area (Å²) in [7, 11) is 0. The third kappa shape index (κ3) is 3.79. The van der Waals surface area contributed by atoms with Crippen LogP contribution in [0.2, 0.25) is 5.02 Å². The Bertz CT molecular complexity index is 993. The number of hydrogen-bond donors (Lipinski definition) is 1. The summed E-state index contributed by atoms with van der Waals surface area (Å²) in [5.74, 6) is -0.0464. The molecule has 0 aliphatic carbocycles. The summed E-state index contributed by atoms with van der Waals surface area (Å²) in [4.78, 5) is 25.5. The predicted octanol–water partition coefficient (Wildman–Crippen LogP) is 5.30. The predicted molar refractivity (Wildman–Crippen MR) is 107 cm³/mol. The van der Waals surface area contributed by atoms with Crippen LogP contribution in [0.5, 0.6) is 0 Å². The van der Waals surface area contributed by atoms with Crippen LogP contribution in [0.25, 0.3) is 10.9 Å². The topological polar surface area (TPSA) is 51.1 Å². The van der Waals surface area contributed by atoms with Crippen molar-refractivity contribution in [3.63, 3.8) is 0 Å². The third-order valence-electron chi connectivity index (χ3n) is 4.02. The highest BCUT2D eigenvalue weighted by Gasteiger charge is 2.19. The molecule has 0 aliphatic heterocycles. The van der Waals surface area contributed by atoms with E-state index in [9.17, 15) is 9.59 Å². The highest BCUT2D eigenvalue weighted by Crippen LogP contribution is 2.41. The first-order chi connectivity index (χ1) is 12.4. The molecule has 0 aliphatic rings. The van der Waals surface area contributed by atoms with Gasteiger partial charge in [-0.2, -0.15) is 0 Å². The number of rotatable bonds is 5. The zero-order valence-corrected chi connectivity index (χ0v) is 16.4. The molecule has 0 unspecified atom stereocenters. The lowest BCUT2D eigenvalue weighted by molar-refractivity contribution is -0.117. The van der Waals surface area contributed by atoms with E-state index < -0.39 is 0 Å². The molecule has 6 heteroatoms. The maximum absolute atomic E-state index is 11.8. The van der Waals surface area contributed by atoms with Gasteiger partial charge in [0.25, 0.3) is 0 Å². The number of fused-ring (bicyclic) bond motifs is 1. The van der Waals surface area contributed by atoms with E-state index in [1.165, 1.54) is 6.92 Å². The van der Waals surface area contributed by atoms with Crippen molar-refractivity contribution in [2.45, 2.75) is 37.1 Å². The molecule has 1 amide bonds. The number of amides is 1. The monoisotopic (exact) mass is 386 g/mol. The van der Waals surface area contributed by atoms with Gasteiger partial charge in [-0.1, -0.05) is 29.4 Å². The number of Topliss-reactive ketones (excluding diaryl/α,β-unsaturated/α-hetero) is 1. The molecule has 0 atom stereocenters. The molecule has 2 aromatic carbocycles. The number of anilines is 1. The molecule has 0 fully saturated rings. The quantitative estimate of drug-likeness (QED) is 0.647. The molecule has 3 rings (SSSR count). The minimum absolute atomic E-state index is 0.0815. The van der Waals surface area contributed by atoms with Crippen LogP contribution in [-0.2, 0) is 16.1 Å². The van der Waals surface area contributed by atoms with Crippen LogP contribution in [0, 0.1) is 6.92 Å². The van der Waals surface area contributed by atoms with Gasteiger partial charge in [-0.3, -0.25) is 9.59 Å². The normalized spacial score (nSPS) is 10.9. The molecule has 26 heavy (non-hydrogen) atoms. The Hall–Kier alpha value is -2.24. The second-order valence-corrected chi connectivity index (χ2v) is 7.66. The summed E-state index contributed by atoms with van der Waals surface area (Å²) in [6.07, 6.45) is 0. The van der Waals surface area contributed by atoms with Gasteiger partial charge in [0.05, 0.1) is 17.7 Å². The van der Waals surface area contributed by atoms with Crippen molar-refractivity contribution in [2.24, 2.45) is 0 Å². The van der Waals surface area contributed by atoms with Crippen molar-refractivity contribution in [2.75, 3.05) is 5.32 Å². The van der Waals surface area contributed by atoms with Crippen molar-refractivity contribution in [1.29, 1.82) is 0 Å². The smallest absolute Gasteiger partial charge is 0.221 e. The molecule has 0 radical (unpaired) electrons. The lowest BCUT2D eigenvalue weighted by Gasteiger charge is -2.07. The van der Waals surface area contributed by atoms with Crippen molar-refractivity contribution in [3.05, 3.63) is 53.2 Å². The SMILES string of the molecule is CC(=O)Cn1c(C)c(Sc2ccc(Cl)cc2)c2c(NC(C)=O)cccc21. The number of halogens is 1. The Labute approximate surface area is 161 Å². The average Bonchev–Trinajstić information content (AvgIpc) is 2.82. The van der Waals surface area contributed by atoms with E-state index in [0.29, 0.717) is 11.6 Å². The van der Waals surface area contributed by atoms with Gasteiger partial charge in [0.1, 0.15) is 5.78 Å². The average molecular weight is 387 g/mol. The molecule has 4 nitrogen and oxygen atoms in total. The van der Waals surface area contributed by atoms with E-state index in [4.69, 9.17) is 11.6 Å². The molecule has 0 saturated carbocycles. The Morgan fingerprint density at radius 3 is 2.42 bits per heavy atom. The zero-order valence-electron chi connectivity index (χ0n) is 14.8. The van der Waals surface area contributed by atoms with Crippen molar-refractivity contribution < 1.29 is 9.59 Å². The second-order valence-electron chi connectivity index (χ2n) is 6.14. The second kappa shape index (κ2) is 7.56. The fourth-order valence-electron chi connectivity index (χ4n) is 2.95. The highest BCUT2D eigenvalue weighted by molar-refractivity contribution is 7.99. The largest absolute Gasteiger partial charge is 0.336 e. The summed E-state index contributed by atoms with van der Waals surface area (Å²) in [5.41, 5.74) is 2.67. The Kier molecular flexibility index (Phi) is 5.39. The number of nitrogens with one attached hydrogen (secondary N) is 1. The summed E-state index contributed by atoms with van der Waals surface area (Å²) < 4.78 is 2.00. The molecule has 1 heterocycles. The molecule has 0 spiro atoms. The van der Waals surface area contributed by atoms with Crippen LogP contribution in [-0.4, -0.2) is 16.3 Å². The molecular formula is C20H19ClN2O2S. The summed E-state index contributed by atoms with van der Waals surface area (Å²) in [5, 5.41) is 4.54. The van der Waals surface area contributed by atoms with Crippen LogP contribution < -0.4 is 5.32 Å². The van der Waals surface area contributed by atoms with Crippen molar-refractivity contribution >= 4 is 51.6 Å². The zero-order chi connectivity index (χ0) is 18.8. The van der Waals surface area contributed by atoms with Crippen molar-refractivity contribution in [1.82, 2.24) is 4.57 Å². The van der Waals surface area contributed by atoms with E-state index in [2.05, 4.69) is 5.32 Å². The maximum atomic E-state index is 11.8. The fraction of sp³-hybridized carbons (Fsp3) is 0.200. The number of carbonyl (C=O) groups excluding carboxylic acids is 2. The standard InChI is InChI=1S/C20H19ClN2O2S/c1-12(24)11-23-13(2)20(26-16-9-7-15(21)8-10-16)19-17(22-14(3)25)5-4-6-18(19)23/h4-10H,11H2,1-3H3,(H,22,25). The summed E-state index contributed by atoms with van der Waals surface area (Å²) >= 11 is 7.59. The molecular weight excluding hydrogens is 368 g/mol. The number of ketones is 1. The van der Waals surface area contributed by atoms with Gasteiger partial charge in [0, 0.05) is 32.8 Å². The molecule has 134 valence electrons. The van der Waals surface area contributed by atoms with E-state index in [1.807, 2.05) is 54.0 Å². The first-order valence-corrected chi connectivity index (χ1v) is 9.38. The minimum atomic E-state index is -0.128. The number of nitrogens with zero attached hydrogens (tertiary/aromatic N) is 1. The van der Waals surface area contributed by atoms with Gasteiger partial charge in [0.15, 0.2) is 0 Å². The van der Waals surface area contributed by atoms with E-state index in [1.54, 1.807) is 18.7 Å². The summed E-state index contributed by atoms with van der Waals surface area (Å²) in [6, 6.07) is 13.4. The van der Waals surface area contributed by atoms with Gasteiger partial charge in [-0.15, -0.1) is 0 Å². The van der Waals surface area contributed by atoms with Gasteiger partial charge < -0.3 is 9.88 Å². The Morgan fingerprint density at radius 2 is 1.81 bits per heavy atom. The maximum Gasteiger partial charge on any atom is 0.221 e. The van der Waals surface area contributed by atoms with Crippen LogP contribution in [0.4, 0.5) is 5.69 Å². The first-order valence-electron chi connectivity index (χ1n) is 8.19. The van der Waals surface area contributed by atoms with Crippen LogP contribution >= 0.6 is 23.4 Å². The number of hydrogen-bond acceptors (Lipinski definition) is 3. The van der Waals surface area contributed by atoms with Gasteiger partial charge in [-0.05, 0) is 50.2 Å². The molecule has 1 N–H and O–H groups in total. The van der Waals surface area contributed by atoms with Gasteiger partial charge in [-0.25, -0.2) is 0 Å². The molecule has 0 bridgehead atoms. The van der Waals surface area contributed by atoms with E-state index in [0.717, 1.165) is 32.1 Å². The van der Waals surface area contributed by atoms with E-state index in [-0.39, 0.29) is 11.7 Å². The molecule has 1 aromatic heterocycles. The summed E-state index contributed by atoms with van der Waals surface area (Å²) in [6.45, 7) is 5.37. The van der Waals surface area contributed by atoms with Gasteiger partial charge >= 0.3 is 0 Å². The van der Waals surface area contributed by atoms with Crippen molar-refractivity contribution in [3.8, 4) is 0 Å². The number of aromatic nitrogens is 1. The number of benzene rings is 2. The Balaban J connectivity index is 2.21. The Morgan fingerprint density at radius 1 is 1.12 bits per heavy atom. The molecule has 3 aromatic rings. The lowest BCUT2D eigenvalue weighted by atomic mass is 10.2. The van der Waals surface area contributed by atoms with Crippen LogP contribution in [0.1, 0.15) is 19.5 Å². The first kappa shape index (κ1) is 18.5. The van der Waals surface area contributed by atoms with E-state index >= 15 is 0 Å².